The third kappa shape index (κ3) is 1.01. The summed E-state index contributed by atoms with van der Waals surface area (Å²) in [6.07, 6.45) is 0. The molecule has 0 heteroatoms. The second-order valence-corrected chi connectivity index (χ2v) is 3.33. The maximum absolute atomic E-state index is 3.27. The fourth-order valence-electron chi connectivity index (χ4n) is 1.80. The molecule has 0 saturated heterocycles. The molecule has 0 fully saturated rings. The first-order chi connectivity index (χ1) is 6.95. The van der Waals surface area contributed by atoms with E-state index in [0.29, 0.717) is 0 Å². The minimum absolute atomic E-state index is 1.16. The molecule has 3 aromatic carbocycles. The predicted molar refractivity (Wildman–Crippen MR) is 59.1 cm³/mol. The molecule has 3 rings (SSSR count). The van der Waals surface area contributed by atoms with Gasteiger partial charge in [0, 0.05) is 0 Å². The van der Waals surface area contributed by atoms with E-state index in [1.807, 2.05) is 24.3 Å². The number of fused-ring (bicyclic) bond motifs is 3. The van der Waals surface area contributed by atoms with Gasteiger partial charge >= 0.3 is 0 Å². The van der Waals surface area contributed by atoms with Crippen molar-refractivity contribution in [2.45, 2.75) is 0 Å². The number of hydrogen-bond acceptors (Lipinski definition) is 0. The van der Waals surface area contributed by atoms with Crippen LogP contribution >= 0.6 is 0 Å². The topological polar surface area (TPSA) is 0 Å². The van der Waals surface area contributed by atoms with Gasteiger partial charge in [0.25, 0.3) is 0 Å². The Morgan fingerprint density at radius 1 is 0.786 bits per heavy atom. The van der Waals surface area contributed by atoms with E-state index in [-0.39, 0.29) is 0 Å². The fourth-order valence-corrected chi connectivity index (χ4v) is 1.80. The Kier molecular flexibility index (Phi) is 1.54. The van der Waals surface area contributed by atoms with Crippen molar-refractivity contribution in [2.24, 2.45) is 0 Å². The van der Waals surface area contributed by atoms with Crippen LogP contribution < -0.4 is 0 Å². The van der Waals surface area contributed by atoms with E-state index in [1.54, 1.807) is 0 Å². The Bertz CT molecular complexity index is 539. The van der Waals surface area contributed by atoms with Gasteiger partial charge in [-0.25, -0.2) is 0 Å². The Hall–Kier alpha value is -1.82. The van der Waals surface area contributed by atoms with Gasteiger partial charge in [-0.2, -0.15) is 0 Å². The molecule has 0 nitrogen and oxygen atoms in total. The fraction of sp³-hybridized carbons (Fsp3) is 0. The minimum atomic E-state index is 1.16. The van der Waals surface area contributed by atoms with E-state index in [1.165, 1.54) is 16.2 Å². The van der Waals surface area contributed by atoms with Gasteiger partial charge < -0.3 is 0 Å². The average molecular weight is 176 g/mol. The van der Waals surface area contributed by atoms with Crippen LogP contribution in [0.15, 0.2) is 48.5 Å². The number of benzene rings is 3. The molecular weight excluding hydrogens is 168 g/mol. The highest BCUT2D eigenvalue weighted by atomic mass is 14.0. The lowest BCUT2D eigenvalue weighted by Gasteiger charge is -2.01. The highest BCUT2D eigenvalue weighted by molar-refractivity contribution is 6.06. The second-order valence-electron chi connectivity index (χ2n) is 3.33. The molecule has 0 heterocycles. The first-order valence-electron chi connectivity index (χ1n) is 4.65. The van der Waals surface area contributed by atoms with Gasteiger partial charge in [0.1, 0.15) is 0 Å². The van der Waals surface area contributed by atoms with Gasteiger partial charge in [0.15, 0.2) is 0 Å². The van der Waals surface area contributed by atoms with Crippen LogP contribution in [-0.2, 0) is 0 Å². The maximum Gasteiger partial charge on any atom is -0.00264 e. The molecule has 0 unspecified atom stereocenters. The molecule has 3 aromatic rings. The molecule has 0 spiro atoms. The standard InChI is InChI=1S/C14H8/c1-3-7-13-11(5-1)9-10-12-6-2-4-8-14(12)13/h1-5,8-10H. The molecule has 0 bridgehead atoms. The van der Waals surface area contributed by atoms with Gasteiger partial charge in [-0.15, -0.1) is 0 Å². The number of rotatable bonds is 0. The summed E-state index contributed by atoms with van der Waals surface area (Å²) in [5.41, 5.74) is 0. The lowest BCUT2D eigenvalue weighted by molar-refractivity contribution is 1.75. The second kappa shape index (κ2) is 2.85. The van der Waals surface area contributed by atoms with Crippen molar-refractivity contribution < 1.29 is 0 Å². The Balaban J connectivity index is 2.61. The van der Waals surface area contributed by atoms with Crippen LogP contribution in [0.25, 0.3) is 21.5 Å². The molecular formula is C14H8. The van der Waals surface area contributed by atoms with Crippen molar-refractivity contribution in [1.82, 2.24) is 0 Å². The zero-order valence-electron chi connectivity index (χ0n) is 7.62. The van der Waals surface area contributed by atoms with Gasteiger partial charge in [0.2, 0.25) is 0 Å². The Morgan fingerprint density at radius 3 is 2.64 bits per heavy atom. The largest absolute Gasteiger partial charge is 0.0610 e. The summed E-state index contributed by atoms with van der Waals surface area (Å²) in [5.74, 6) is 0. The first-order valence-corrected chi connectivity index (χ1v) is 4.65. The van der Waals surface area contributed by atoms with E-state index in [2.05, 4.69) is 36.4 Å². The molecule has 0 aliphatic heterocycles. The number of hydrogen-bond donors (Lipinski definition) is 0. The van der Waals surface area contributed by atoms with Crippen LogP contribution in [0.2, 0.25) is 0 Å². The summed E-state index contributed by atoms with van der Waals surface area (Å²) in [6, 6.07) is 22.9. The summed E-state index contributed by atoms with van der Waals surface area (Å²) in [6.45, 7) is 0. The maximum atomic E-state index is 3.27. The van der Waals surface area contributed by atoms with Crippen LogP contribution in [0.4, 0.5) is 0 Å². The smallest absolute Gasteiger partial charge is 0.00264 e. The summed E-state index contributed by atoms with van der Waals surface area (Å²) >= 11 is 0. The lowest BCUT2D eigenvalue weighted by atomic mass is 10.0. The molecule has 64 valence electrons. The van der Waals surface area contributed by atoms with Crippen molar-refractivity contribution in [3.63, 3.8) is 0 Å². The van der Waals surface area contributed by atoms with Gasteiger partial charge in [-0.3, -0.25) is 0 Å². The Morgan fingerprint density at radius 2 is 1.64 bits per heavy atom. The summed E-state index contributed by atoms with van der Waals surface area (Å²) in [5, 5.41) is 4.80. The van der Waals surface area contributed by atoms with E-state index >= 15 is 0 Å². The summed E-state index contributed by atoms with van der Waals surface area (Å²) in [7, 11) is 0. The van der Waals surface area contributed by atoms with Crippen molar-refractivity contribution >= 4 is 21.5 Å². The third-order valence-electron chi connectivity index (χ3n) is 2.48. The van der Waals surface area contributed by atoms with Gasteiger partial charge in [-0.1, -0.05) is 48.5 Å². The average Bonchev–Trinajstić information content (AvgIpc) is 2.29. The van der Waals surface area contributed by atoms with Gasteiger partial charge in [-0.05, 0) is 33.7 Å². The lowest BCUT2D eigenvalue weighted by Crippen LogP contribution is -1.76. The van der Waals surface area contributed by atoms with E-state index < -0.39 is 0 Å². The molecule has 0 saturated carbocycles. The zero-order valence-corrected chi connectivity index (χ0v) is 7.62. The molecule has 0 aliphatic carbocycles. The SMILES string of the molecule is [c]1cccc2c1ccc1ccc[c]c12. The normalized spacial score (nSPS) is 10.9. The Labute approximate surface area is 82.8 Å². The molecule has 0 N–H and O–H groups in total. The molecule has 0 aliphatic rings. The first kappa shape index (κ1) is 7.57. The van der Waals surface area contributed by atoms with Crippen LogP contribution in [0, 0.1) is 12.1 Å². The monoisotopic (exact) mass is 176 g/mol. The van der Waals surface area contributed by atoms with Crippen LogP contribution in [-0.4, -0.2) is 0 Å². The third-order valence-corrected chi connectivity index (χ3v) is 2.48. The van der Waals surface area contributed by atoms with E-state index in [9.17, 15) is 0 Å². The van der Waals surface area contributed by atoms with Crippen molar-refractivity contribution in [3.8, 4) is 0 Å². The molecule has 0 aromatic heterocycles. The molecule has 14 heavy (non-hydrogen) atoms. The van der Waals surface area contributed by atoms with Crippen LogP contribution in [0.5, 0.6) is 0 Å². The summed E-state index contributed by atoms with van der Waals surface area (Å²) < 4.78 is 0. The molecule has 2 radical (unpaired) electrons. The highest BCUT2D eigenvalue weighted by Gasteiger charge is 1.97. The van der Waals surface area contributed by atoms with E-state index in [0.717, 1.165) is 5.39 Å². The van der Waals surface area contributed by atoms with Gasteiger partial charge in [0.05, 0.1) is 0 Å². The molecule has 0 atom stereocenters. The predicted octanol–water partition coefficient (Wildman–Crippen LogP) is 3.59. The van der Waals surface area contributed by atoms with Crippen LogP contribution in [0.1, 0.15) is 0 Å². The van der Waals surface area contributed by atoms with E-state index in [4.69, 9.17) is 0 Å². The quantitative estimate of drug-likeness (QED) is 0.459. The zero-order chi connectivity index (χ0) is 9.38. The van der Waals surface area contributed by atoms with Crippen molar-refractivity contribution in [1.29, 1.82) is 0 Å². The highest BCUT2D eigenvalue weighted by Crippen LogP contribution is 2.23. The van der Waals surface area contributed by atoms with Crippen molar-refractivity contribution in [3.05, 3.63) is 60.7 Å². The minimum Gasteiger partial charge on any atom is -0.0610 e. The van der Waals surface area contributed by atoms with Crippen molar-refractivity contribution in [2.75, 3.05) is 0 Å². The summed E-state index contributed by atoms with van der Waals surface area (Å²) in [4.78, 5) is 0. The molecule has 0 amide bonds. The van der Waals surface area contributed by atoms with Crippen LogP contribution in [0.3, 0.4) is 0 Å².